The highest BCUT2D eigenvalue weighted by atomic mass is 32.2. The van der Waals surface area contributed by atoms with E-state index in [0.717, 1.165) is 0 Å². The summed E-state index contributed by atoms with van der Waals surface area (Å²) in [5, 5.41) is 13.4. The van der Waals surface area contributed by atoms with Gasteiger partial charge >= 0.3 is 0 Å². The Morgan fingerprint density at radius 3 is 2.44 bits per heavy atom. The number of nitrogens with two attached hydrogens (primary N) is 2. The van der Waals surface area contributed by atoms with E-state index in [4.69, 9.17) is 16.1 Å². The number of hydrogen-bond donors (Lipinski definition) is 2. The molecule has 0 atom stereocenters. The number of anilines is 1. The van der Waals surface area contributed by atoms with Gasteiger partial charge in [0.05, 0.1) is 5.56 Å². The maximum absolute atomic E-state index is 12.3. The van der Waals surface area contributed by atoms with Gasteiger partial charge in [-0.25, -0.2) is 27.3 Å². The topological polar surface area (TPSA) is 123 Å². The predicted molar refractivity (Wildman–Crippen MR) is 49.7 cm³/mol. The highest BCUT2D eigenvalue weighted by molar-refractivity contribution is 7.89. The standard InChI is InChI=1S/C7H6F2N4O2S/c8-6(9)4-1-3(2-10)5(7(11)13-4)16(12,14)15/h1,6H,(H2,11,13)(H2,12,14,15). The number of rotatable bonds is 2. The minimum absolute atomic E-state index is 0.551. The van der Waals surface area contributed by atoms with Gasteiger partial charge in [-0.2, -0.15) is 5.26 Å². The molecule has 0 spiro atoms. The Balaban J connectivity index is 3.62. The maximum Gasteiger partial charge on any atom is 0.280 e. The molecule has 0 saturated heterocycles. The van der Waals surface area contributed by atoms with Crippen molar-refractivity contribution in [2.45, 2.75) is 11.3 Å². The first kappa shape index (κ1) is 12.3. The average molecular weight is 248 g/mol. The molecule has 0 radical (unpaired) electrons. The van der Waals surface area contributed by atoms with Gasteiger partial charge in [0.25, 0.3) is 6.43 Å². The molecule has 0 aliphatic heterocycles. The van der Waals surface area contributed by atoms with Crippen LogP contribution in [0, 0.1) is 11.3 Å². The van der Waals surface area contributed by atoms with Crippen LogP contribution < -0.4 is 10.9 Å². The zero-order valence-corrected chi connectivity index (χ0v) is 8.50. The van der Waals surface area contributed by atoms with Crippen LogP contribution in [0.2, 0.25) is 0 Å². The fraction of sp³-hybridized carbons (Fsp3) is 0.143. The highest BCUT2D eigenvalue weighted by Crippen LogP contribution is 2.25. The second-order valence-electron chi connectivity index (χ2n) is 2.77. The molecule has 0 aromatic carbocycles. The molecule has 1 aromatic rings. The van der Waals surface area contributed by atoms with Gasteiger partial charge in [-0.3, -0.25) is 0 Å². The van der Waals surface area contributed by atoms with Crippen molar-refractivity contribution in [1.29, 1.82) is 5.26 Å². The molecule has 0 saturated carbocycles. The monoisotopic (exact) mass is 248 g/mol. The number of nitrogen functional groups attached to an aromatic ring is 1. The SMILES string of the molecule is N#Cc1cc(C(F)F)nc(N)c1S(N)(=O)=O. The molecule has 86 valence electrons. The molecule has 9 heteroatoms. The smallest absolute Gasteiger partial charge is 0.280 e. The summed E-state index contributed by atoms with van der Waals surface area (Å²) in [5.41, 5.74) is 3.84. The van der Waals surface area contributed by atoms with Gasteiger partial charge in [-0.1, -0.05) is 0 Å². The molecule has 1 aromatic heterocycles. The zero-order valence-electron chi connectivity index (χ0n) is 7.68. The van der Waals surface area contributed by atoms with Crippen molar-refractivity contribution < 1.29 is 17.2 Å². The van der Waals surface area contributed by atoms with E-state index < -0.39 is 38.4 Å². The first-order valence-corrected chi connectivity index (χ1v) is 5.33. The molecule has 16 heavy (non-hydrogen) atoms. The van der Waals surface area contributed by atoms with Gasteiger partial charge in [0, 0.05) is 0 Å². The van der Waals surface area contributed by atoms with Crippen LogP contribution in [0.5, 0.6) is 0 Å². The summed E-state index contributed by atoms with van der Waals surface area (Å²) in [6.07, 6.45) is -2.95. The van der Waals surface area contributed by atoms with Gasteiger partial charge in [-0.05, 0) is 6.07 Å². The number of nitriles is 1. The number of pyridine rings is 1. The van der Waals surface area contributed by atoms with Crippen LogP contribution in [0.25, 0.3) is 0 Å². The molecular formula is C7H6F2N4O2S. The van der Waals surface area contributed by atoms with E-state index in [1.807, 2.05) is 0 Å². The highest BCUT2D eigenvalue weighted by Gasteiger charge is 2.22. The first-order chi connectivity index (χ1) is 7.27. The molecule has 4 N–H and O–H groups in total. The molecule has 0 fully saturated rings. The Bertz CT molecular complexity index is 564. The number of nitrogens with zero attached hydrogens (tertiary/aromatic N) is 2. The number of aromatic nitrogens is 1. The summed E-state index contributed by atoms with van der Waals surface area (Å²) in [5.74, 6) is -0.711. The van der Waals surface area contributed by atoms with Gasteiger partial charge in [0.15, 0.2) is 0 Å². The maximum atomic E-state index is 12.3. The van der Waals surface area contributed by atoms with E-state index in [2.05, 4.69) is 4.98 Å². The fourth-order valence-corrected chi connectivity index (χ4v) is 1.82. The van der Waals surface area contributed by atoms with Crippen LogP contribution in [-0.2, 0) is 10.0 Å². The molecule has 1 heterocycles. The Hall–Kier alpha value is -1.79. The summed E-state index contributed by atoms with van der Waals surface area (Å²) in [4.78, 5) is 2.43. The van der Waals surface area contributed by atoms with Gasteiger partial charge in [0.2, 0.25) is 10.0 Å². The largest absolute Gasteiger partial charge is 0.383 e. The molecule has 0 unspecified atom stereocenters. The van der Waals surface area contributed by atoms with E-state index in [-0.39, 0.29) is 0 Å². The van der Waals surface area contributed by atoms with Crippen LogP contribution in [0.1, 0.15) is 17.7 Å². The third-order valence-electron chi connectivity index (χ3n) is 1.65. The van der Waals surface area contributed by atoms with Crippen molar-refractivity contribution in [3.8, 4) is 6.07 Å². The van der Waals surface area contributed by atoms with Crippen molar-refractivity contribution in [2.75, 3.05) is 5.73 Å². The molecule has 0 bridgehead atoms. The Labute approximate surface area is 89.5 Å². The molecule has 1 rings (SSSR count). The van der Waals surface area contributed by atoms with Crippen molar-refractivity contribution >= 4 is 15.8 Å². The zero-order chi connectivity index (χ0) is 12.5. The number of halogens is 2. The normalized spacial score (nSPS) is 11.4. The number of alkyl halides is 2. The van der Waals surface area contributed by atoms with Gasteiger partial charge < -0.3 is 5.73 Å². The van der Waals surface area contributed by atoms with Crippen molar-refractivity contribution in [3.63, 3.8) is 0 Å². The lowest BCUT2D eigenvalue weighted by Crippen LogP contribution is -2.17. The summed E-state index contributed by atoms with van der Waals surface area (Å²) >= 11 is 0. The molecule has 0 amide bonds. The minimum atomic E-state index is -4.27. The van der Waals surface area contributed by atoms with Crippen LogP contribution in [-0.4, -0.2) is 13.4 Å². The summed E-state index contributed by atoms with van der Waals surface area (Å²) in [7, 11) is -4.27. The average Bonchev–Trinajstić information content (AvgIpc) is 2.14. The van der Waals surface area contributed by atoms with Crippen molar-refractivity contribution in [1.82, 2.24) is 4.98 Å². The summed E-state index contributed by atoms with van der Waals surface area (Å²) in [6, 6.07) is 2.07. The van der Waals surface area contributed by atoms with Gasteiger partial charge in [-0.15, -0.1) is 0 Å². The predicted octanol–water partition coefficient (Wildman–Crippen LogP) is 0.120. The molecule has 0 aliphatic rings. The number of hydrogen-bond acceptors (Lipinski definition) is 5. The quantitative estimate of drug-likeness (QED) is 0.769. The van der Waals surface area contributed by atoms with Crippen LogP contribution >= 0.6 is 0 Å². The van der Waals surface area contributed by atoms with Crippen LogP contribution in [0.15, 0.2) is 11.0 Å². The minimum Gasteiger partial charge on any atom is -0.383 e. The first-order valence-electron chi connectivity index (χ1n) is 3.79. The Morgan fingerprint density at radius 2 is 2.06 bits per heavy atom. The van der Waals surface area contributed by atoms with E-state index in [1.54, 1.807) is 0 Å². The van der Waals surface area contributed by atoms with Gasteiger partial charge in [0.1, 0.15) is 22.5 Å². The van der Waals surface area contributed by atoms with E-state index in [9.17, 15) is 17.2 Å². The fourth-order valence-electron chi connectivity index (χ4n) is 1.07. The Morgan fingerprint density at radius 1 is 1.50 bits per heavy atom. The van der Waals surface area contributed by atoms with E-state index in [0.29, 0.717) is 6.07 Å². The van der Waals surface area contributed by atoms with Crippen molar-refractivity contribution in [2.24, 2.45) is 5.14 Å². The Kier molecular flexibility index (Phi) is 3.06. The second-order valence-corrected chi connectivity index (χ2v) is 4.26. The summed E-state index contributed by atoms with van der Waals surface area (Å²) < 4.78 is 46.6. The van der Waals surface area contributed by atoms with Crippen molar-refractivity contribution in [3.05, 3.63) is 17.3 Å². The third kappa shape index (κ3) is 2.23. The lowest BCUT2D eigenvalue weighted by molar-refractivity contribution is 0.146. The van der Waals surface area contributed by atoms with Crippen LogP contribution in [0.4, 0.5) is 14.6 Å². The second kappa shape index (κ2) is 3.99. The molecule has 0 aliphatic carbocycles. The number of sulfonamides is 1. The lowest BCUT2D eigenvalue weighted by Gasteiger charge is -2.07. The van der Waals surface area contributed by atoms with E-state index in [1.165, 1.54) is 6.07 Å². The van der Waals surface area contributed by atoms with Crippen LogP contribution in [0.3, 0.4) is 0 Å². The third-order valence-corrected chi connectivity index (χ3v) is 2.65. The lowest BCUT2D eigenvalue weighted by atomic mass is 10.2. The molecular weight excluding hydrogens is 242 g/mol. The van der Waals surface area contributed by atoms with E-state index >= 15 is 0 Å². The number of primary sulfonamides is 1. The molecule has 6 nitrogen and oxygen atoms in total. The summed E-state index contributed by atoms with van der Waals surface area (Å²) in [6.45, 7) is 0.